The zero-order chi connectivity index (χ0) is 19.8. The van der Waals surface area contributed by atoms with Crippen LogP contribution in [0.3, 0.4) is 0 Å². The Morgan fingerprint density at radius 2 is 1.85 bits per heavy atom. The smallest absolute Gasteiger partial charge is 0.355 e. The van der Waals surface area contributed by atoms with Crippen molar-refractivity contribution < 1.29 is 39.2 Å². The average Bonchev–Trinajstić information content (AvgIpc) is 2.58. The summed E-state index contributed by atoms with van der Waals surface area (Å²) in [7, 11) is 1.18. The van der Waals surface area contributed by atoms with Gasteiger partial charge in [0.15, 0.2) is 11.5 Å². The summed E-state index contributed by atoms with van der Waals surface area (Å²) in [6.07, 6.45) is 2.86. The van der Waals surface area contributed by atoms with Gasteiger partial charge in [0.25, 0.3) is 0 Å². The summed E-state index contributed by atoms with van der Waals surface area (Å²) in [6.45, 7) is 2.93. The minimum absolute atomic E-state index is 0.159. The van der Waals surface area contributed by atoms with Crippen LogP contribution in [0.2, 0.25) is 0 Å². The molecule has 0 aromatic heterocycles. The molecule has 0 fully saturated rings. The van der Waals surface area contributed by atoms with E-state index in [1.165, 1.54) is 21.0 Å². The number of aliphatic hydroxyl groups is 1. The van der Waals surface area contributed by atoms with E-state index in [1.54, 1.807) is 0 Å². The first-order valence-electron chi connectivity index (χ1n) is 7.23. The predicted molar refractivity (Wildman–Crippen MR) is 92.1 cm³/mol. The second-order valence-corrected chi connectivity index (χ2v) is 6.32. The molecular formula is C17H15BrO8. The van der Waals surface area contributed by atoms with Gasteiger partial charge in [-0.05, 0) is 53.1 Å². The van der Waals surface area contributed by atoms with Crippen molar-refractivity contribution in [1.82, 2.24) is 0 Å². The van der Waals surface area contributed by atoms with Gasteiger partial charge in [0.2, 0.25) is 5.60 Å². The minimum Gasteiger partial charge on any atom is -0.506 e. The number of halogens is 1. The summed E-state index contributed by atoms with van der Waals surface area (Å²) in [5.41, 5.74) is -2.23. The van der Waals surface area contributed by atoms with Crippen LogP contribution in [-0.4, -0.2) is 45.8 Å². The van der Waals surface area contributed by atoms with E-state index < -0.39 is 29.1 Å². The number of carbonyl (C=O) groups excluding carboxylic acids is 2. The zero-order valence-corrected chi connectivity index (χ0v) is 15.6. The number of ketones is 1. The van der Waals surface area contributed by atoms with Crippen LogP contribution in [0.25, 0.3) is 0 Å². The van der Waals surface area contributed by atoms with Crippen molar-refractivity contribution >= 4 is 33.7 Å². The van der Waals surface area contributed by atoms with Gasteiger partial charge < -0.3 is 24.8 Å². The Hall–Kier alpha value is -2.65. The molecule has 0 aliphatic heterocycles. The van der Waals surface area contributed by atoms with Crippen molar-refractivity contribution in [1.29, 1.82) is 0 Å². The summed E-state index contributed by atoms with van der Waals surface area (Å²) in [6, 6.07) is 0. The number of hydrogen-bond acceptors (Lipinski definition) is 7. The number of carboxylic acid groups (broad SMARTS) is 1. The van der Waals surface area contributed by atoms with Crippen LogP contribution in [-0.2, 0) is 14.3 Å². The van der Waals surface area contributed by atoms with Crippen LogP contribution < -0.4 is 4.74 Å². The van der Waals surface area contributed by atoms with E-state index >= 15 is 0 Å². The number of carbonyl (C=O) groups is 3. The van der Waals surface area contributed by atoms with E-state index in [1.807, 2.05) is 0 Å². The molecule has 1 aliphatic carbocycles. The predicted octanol–water partition coefficient (Wildman–Crippen LogP) is 1.78. The number of phenols is 1. The highest BCUT2D eigenvalue weighted by Crippen LogP contribution is 2.42. The number of esters is 1. The molecule has 0 radical (unpaired) electrons. The number of allylic oxidation sites excluding steroid dienone is 2. The standard InChI is InChI=1S/C17H15BrO8/c1-7-8(2)14(12(18)13(20)11(7)15(21)22)26-16(23)17(24)5-4-9(19)6-10(17)25-3/h4-6,20,24H,1-3H3,(H,21,22)/t17-/m1/s1. The lowest BCUT2D eigenvalue weighted by Crippen LogP contribution is -2.44. The SMILES string of the molecule is COC1=CC(=O)C=C[C@]1(O)C(=O)Oc1c(C)c(C)c(C(=O)O)c(O)c1Br. The first kappa shape index (κ1) is 19.7. The van der Waals surface area contributed by atoms with Gasteiger partial charge in [-0.1, -0.05) is 0 Å². The first-order valence-corrected chi connectivity index (χ1v) is 8.02. The third-order valence-corrected chi connectivity index (χ3v) is 4.74. The fourth-order valence-electron chi connectivity index (χ4n) is 2.43. The lowest BCUT2D eigenvalue weighted by Gasteiger charge is -2.27. The van der Waals surface area contributed by atoms with Crippen molar-refractivity contribution in [3.05, 3.63) is 45.2 Å². The van der Waals surface area contributed by atoms with Gasteiger partial charge >= 0.3 is 11.9 Å². The normalized spacial score (nSPS) is 19.1. The van der Waals surface area contributed by atoms with Gasteiger partial charge in [0.05, 0.1) is 7.11 Å². The number of aromatic hydroxyl groups is 1. The number of benzene rings is 1. The Kier molecular flexibility index (Phi) is 5.24. The molecule has 3 N–H and O–H groups in total. The molecule has 0 spiro atoms. The van der Waals surface area contributed by atoms with E-state index in [-0.39, 0.29) is 32.7 Å². The molecule has 8 nitrogen and oxygen atoms in total. The average molecular weight is 427 g/mol. The van der Waals surface area contributed by atoms with E-state index in [0.717, 1.165) is 18.2 Å². The molecule has 1 aliphatic rings. The Balaban J connectivity index is 2.51. The summed E-state index contributed by atoms with van der Waals surface area (Å²) in [5.74, 6) is -4.13. The molecule has 1 aromatic rings. The Labute approximate surface area is 156 Å². The van der Waals surface area contributed by atoms with Crippen molar-refractivity contribution in [2.45, 2.75) is 19.4 Å². The van der Waals surface area contributed by atoms with Gasteiger partial charge in [-0.2, -0.15) is 0 Å². The molecule has 0 saturated heterocycles. The summed E-state index contributed by atoms with van der Waals surface area (Å²) < 4.78 is 9.95. The zero-order valence-electron chi connectivity index (χ0n) is 14.0. The molecule has 1 atom stereocenters. The molecule has 2 rings (SSSR count). The number of hydrogen-bond donors (Lipinski definition) is 3. The number of aromatic carboxylic acids is 1. The molecule has 0 bridgehead atoms. The molecule has 138 valence electrons. The Morgan fingerprint density at radius 3 is 2.38 bits per heavy atom. The molecule has 26 heavy (non-hydrogen) atoms. The van der Waals surface area contributed by atoms with Crippen LogP contribution in [0.4, 0.5) is 0 Å². The highest BCUT2D eigenvalue weighted by molar-refractivity contribution is 9.10. The van der Waals surface area contributed by atoms with Crippen LogP contribution in [0.5, 0.6) is 11.5 Å². The Bertz CT molecular complexity index is 854. The lowest BCUT2D eigenvalue weighted by atomic mass is 9.95. The maximum absolute atomic E-state index is 12.5. The van der Waals surface area contributed by atoms with Crippen LogP contribution in [0.15, 0.2) is 28.5 Å². The number of methoxy groups -OCH3 is 1. The van der Waals surface area contributed by atoms with Crippen LogP contribution in [0.1, 0.15) is 21.5 Å². The molecule has 0 heterocycles. The Morgan fingerprint density at radius 1 is 1.23 bits per heavy atom. The second-order valence-electron chi connectivity index (χ2n) is 5.53. The van der Waals surface area contributed by atoms with Gasteiger partial charge in [-0.25, -0.2) is 9.59 Å². The van der Waals surface area contributed by atoms with Gasteiger partial charge in [0, 0.05) is 6.08 Å². The van der Waals surface area contributed by atoms with Gasteiger partial charge in [-0.15, -0.1) is 0 Å². The summed E-state index contributed by atoms with van der Waals surface area (Å²) >= 11 is 3.01. The molecular weight excluding hydrogens is 412 g/mol. The first-order chi connectivity index (χ1) is 12.0. The highest BCUT2D eigenvalue weighted by Gasteiger charge is 2.44. The molecule has 0 saturated carbocycles. The third-order valence-electron chi connectivity index (χ3n) is 4.00. The van der Waals surface area contributed by atoms with Crippen molar-refractivity contribution in [3.8, 4) is 11.5 Å². The number of carboxylic acids is 1. The third kappa shape index (κ3) is 3.11. The van der Waals surface area contributed by atoms with Crippen molar-refractivity contribution in [3.63, 3.8) is 0 Å². The van der Waals surface area contributed by atoms with Crippen LogP contribution in [0, 0.1) is 13.8 Å². The summed E-state index contributed by atoms with van der Waals surface area (Å²) in [5, 5.41) is 29.9. The van der Waals surface area contributed by atoms with E-state index in [2.05, 4.69) is 15.9 Å². The second kappa shape index (κ2) is 6.93. The van der Waals surface area contributed by atoms with E-state index in [4.69, 9.17) is 9.47 Å². The maximum Gasteiger partial charge on any atom is 0.355 e. The van der Waals surface area contributed by atoms with E-state index in [0.29, 0.717) is 0 Å². The monoisotopic (exact) mass is 426 g/mol. The largest absolute Gasteiger partial charge is 0.506 e. The lowest BCUT2D eigenvalue weighted by molar-refractivity contribution is -0.150. The topological polar surface area (TPSA) is 130 Å². The molecule has 0 amide bonds. The van der Waals surface area contributed by atoms with E-state index in [9.17, 15) is 29.7 Å². The number of rotatable bonds is 4. The minimum atomic E-state index is -2.34. The fraction of sp³-hybridized carbons (Fsp3) is 0.235. The van der Waals surface area contributed by atoms with Crippen molar-refractivity contribution in [2.24, 2.45) is 0 Å². The fourth-order valence-corrected chi connectivity index (χ4v) is 3.00. The summed E-state index contributed by atoms with van der Waals surface area (Å²) in [4.78, 5) is 35.2. The highest BCUT2D eigenvalue weighted by atomic mass is 79.9. The molecule has 1 aromatic carbocycles. The van der Waals surface area contributed by atoms with Crippen molar-refractivity contribution in [2.75, 3.05) is 7.11 Å². The quantitative estimate of drug-likeness (QED) is 0.490. The number of ether oxygens (including phenoxy) is 2. The maximum atomic E-state index is 12.5. The molecule has 9 heteroatoms. The molecule has 0 unspecified atom stereocenters. The van der Waals surface area contributed by atoms with Gasteiger partial charge in [-0.3, -0.25) is 4.79 Å². The van der Waals surface area contributed by atoms with Crippen LogP contribution >= 0.6 is 15.9 Å². The van der Waals surface area contributed by atoms with Gasteiger partial charge in [0.1, 0.15) is 21.5 Å².